The van der Waals surface area contributed by atoms with Crippen molar-refractivity contribution >= 4 is 38.9 Å². The molecule has 1 amide bonds. The largest absolute Gasteiger partial charge is 0.484 e. The summed E-state index contributed by atoms with van der Waals surface area (Å²) in [7, 11) is -3.84. The van der Waals surface area contributed by atoms with Crippen molar-refractivity contribution in [1.82, 2.24) is 0 Å². The lowest BCUT2D eigenvalue weighted by Gasteiger charge is -2.12. The van der Waals surface area contributed by atoms with Gasteiger partial charge in [0.25, 0.3) is 15.9 Å². The summed E-state index contributed by atoms with van der Waals surface area (Å²) in [5, 5.41) is 1.81. The van der Waals surface area contributed by atoms with Gasteiger partial charge in [0.1, 0.15) is 5.75 Å². The number of sulfonamides is 1. The van der Waals surface area contributed by atoms with E-state index in [1.165, 1.54) is 30.3 Å². The van der Waals surface area contributed by atoms with E-state index in [2.05, 4.69) is 10.0 Å². The molecule has 3 rings (SSSR count). The van der Waals surface area contributed by atoms with Crippen LogP contribution in [0, 0.1) is 13.8 Å². The SMILES string of the molecule is Cc1ccc(NS(=O)(=O)c2ccc(OCC(=O)Nc3ccc(Cl)c(C(F)(F)F)c3)cc2)cc1C. The molecule has 2 N–H and O–H groups in total. The number of aryl methyl sites for hydroxylation is 2. The van der Waals surface area contributed by atoms with Gasteiger partial charge in [0, 0.05) is 11.4 Å². The van der Waals surface area contributed by atoms with Crippen LogP contribution in [0.1, 0.15) is 16.7 Å². The molecule has 0 saturated heterocycles. The molecule has 6 nitrogen and oxygen atoms in total. The van der Waals surface area contributed by atoms with E-state index in [9.17, 15) is 26.4 Å². The van der Waals surface area contributed by atoms with Gasteiger partial charge in [-0.05, 0) is 79.6 Å². The van der Waals surface area contributed by atoms with Crippen molar-refractivity contribution in [3.05, 3.63) is 82.4 Å². The zero-order chi connectivity index (χ0) is 25.1. The monoisotopic (exact) mass is 512 g/mol. The number of hydrogen-bond acceptors (Lipinski definition) is 4. The van der Waals surface area contributed by atoms with Gasteiger partial charge in [-0.2, -0.15) is 13.2 Å². The first kappa shape index (κ1) is 25.4. The molecule has 0 aliphatic heterocycles. The Labute approximate surface area is 199 Å². The van der Waals surface area contributed by atoms with Gasteiger partial charge >= 0.3 is 6.18 Å². The first-order chi connectivity index (χ1) is 15.8. The molecule has 0 bridgehead atoms. The summed E-state index contributed by atoms with van der Waals surface area (Å²) < 4.78 is 71.8. The Morgan fingerprint density at radius 1 is 0.941 bits per heavy atom. The highest BCUT2D eigenvalue weighted by atomic mass is 35.5. The fourth-order valence-electron chi connectivity index (χ4n) is 2.90. The Balaban J connectivity index is 1.60. The number of rotatable bonds is 7. The van der Waals surface area contributed by atoms with Crippen molar-refractivity contribution in [2.75, 3.05) is 16.6 Å². The first-order valence-electron chi connectivity index (χ1n) is 9.85. The maximum Gasteiger partial charge on any atom is 0.417 e. The number of anilines is 2. The molecular weight excluding hydrogens is 493 g/mol. The number of halogens is 4. The maximum absolute atomic E-state index is 12.9. The van der Waals surface area contributed by atoms with Crippen LogP contribution in [0.2, 0.25) is 5.02 Å². The van der Waals surface area contributed by atoms with E-state index in [1.54, 1.807) is 12.1 Å². The fourth-order valence-corrected chi connectivity index (χ4v) is 4.17. The molecule has 11 heteroatoms. The third-order valence-electron chi connectivity index (χ3n) is 4.82. The summed E-state index contributed by atoms with van der Waals surface area (Å²) in [6, 6.07) is 13.5. The van der Waals surface area contributed by atoms with E-state index in [-0.39, 0.29) is 16.3 Å². The molecule has 0 spiro atoms. The van der Waals surface area contributed by atoms with Crippen molar-refractivity contribution in [2.24, 2.45) is 0 Å². The van der Waals surface area contributed by atoms with Gasteiger partial charge in [-0.1, -0.05) is 17.7 Å². The minimum atomic E-state index is -4.66. The maximum atomic E-state index is 12.9. The summed E-state index contributed by atoms with van der Waals surface area (Å²) in [6.45, 7) is 3.29. The van der Waals surface area contributed by atoms with Crippen molar-refractivity contribution in [3.63, 3.8) is 0 Å². The second kappa shape index (κ2) is 9.94. The highest BCUT2D eigenvalue weighted by Gasteiger charge is 2.33. The van der Waals surface area contributed by atoms with Gasteiger partial charge in [0.05, 0.1) is 15.5 Å². The second-order valence-corrected chi connectivity index (χ2v) is 9.49. The molecule has 0 atom stereocenters. The van der Waals surface area contributed by atoms with Gasteiger partial charge < -0.3 is 10.1 Å². The smallest absolute Gasteiger partial charge is 0.417 e. The Bertz CT molecular complexity index is 1310. The van der Waals surface area contributed by atoms with E-state index in [0.29, 0.717) is 5.69 Å². The number of amides is 1. The summed E-state index contributed by atoms with van der Waals surface area (Å²) in [4.78, 5) is 12.0. The summed E-state index contributed by atoms with van der Waals surface area (Å²) in [5.74, 6) is -0.504. The van der Waals surface area contributed by atoms with E-state index >= 15 is 0 Å². The van der Waals surface area contributed by atoms with E-state index in [1.807, 2.05) is 19.9 Å². The Kier molecular flexibility index (Phi) is 7.42. The standard InChI is InChI=1S/C23H20ClF3N2O4S/c1-14-3-4-17(11-15(14)2)29-34(31,32)19-8-6-18(7-9-19)33-13-22(30)28-16-5-10-21(24)20(12-16)23(25,26)27/h3-12,29H,13H2,1-2H3,(H,28,30). The van der Waals surface area contributed by atoms with Gasteiger partial charge in [-0.15, -0.1) is 0 Å². The molecule has 0 saturated carbocycles. The van der Waals surface area contributed by atoms with Crippen LogP contribution < -0.4 is 14.8 Å². The fraction of sp³-hybridized carbons (Fsp3) is 0.174. The molecule has 34 heavy (non-hydrogen) atoms. The van der Waals surface area contributed by atoms with E-state index < -0.39 is 39.3 Å². The highest BCUT2D eigenvalue weighted by Crippen LogP contribution is 2.36. The topological polar surface area (TPSA) is 84.5 Å². The van der Waals surface area contributed by atoms with E-state index in [4.69, 9.17) is 16.3 Å². The van der Waals surface area contributed by atoms with Crippen LogP contribution in [0.25, 0.3) is 0 Å². The molecule has 3 aromatic rings. The number of carbonyl (C=O) groups is 1. The van der Waals surface area contributed by atoms with Gasteiger partial charge in [0.2, 0.25) is 0 Å². The zero-order valence-electron chi connectivity index (χ0n) is 18.0. The molecule has 0 aliphatic rings. The third-order valence-corrected chi connectivity index (χ3v) is 6.55. The average molecular weight is 513 g/mol. The van der Waals surface area contributed by atoms with Crippen LogP contribution >= 0.6 is 11.6 Å². The molecule has 0 radical (unpaired) electrons. The lowest BCUT2D eigenvalue weighted by atomic mass is 10.1. The second-order valence-electron chi connectivity index (χ2n) is 7.41. The Morgan fingerprint density at radius 2 is 1.59 bits per heavy atom. The van der Waals surface area contributed by atoms with Gasteiger partial charge in [-0.3, -0.25) is 9.52 Å². The lowest BCUT2D eigenvalue weighted by Crippen LogP contribution is -2.20. The minimum absolute atomic E-state index is 0.0108. The van der Waals surface area contributed by atoms with Crippen LogP contribution in [0.5, 0.6) is 5.75 Å². The molecule has 0 aromatic heterocycles. The van der Waals surface area contributed by atoms with Crippen molar-refractivity contribution in [1.29, 1.82) is 0 Å². The van der Waals surface area contributed by atoms with Crippen LogP contribution in [-0.4, -0.2) is 20.9 Å². The quantitative estimate of drug-likeness (QED) is 0.419. The molecule has 0 unspecified atom stereocenters. The number of benzene rings is 3. The molecule has 180 valence electrons. The Morgan fingerprint density at radius 3 is 2.21 bits per heavy atom. The van der Waals surface area contributed by atoms with Crippen LogP contribution in [0.4, 0.5) is 24.5 Å². The summed E-state index contributed by atoms with van der Waals surface area (Å²) >= 11 is 5.56. The third kappa shape index (κ3) is 6.42. The first-order valence-corrected chi connectivity index (χ1v) is 11.7. The number of carbonyl (C=O) groups excluding carboxylic acids is 1. The van der Waals surface area contributed by atoms with Crippen LogP contribution in [-0.2, 0) is 21.0 Å². The van der Waals surface area contributed by atoms with Crippen LogP contribution in [0.3, 0.4) is 0 Å². The zero-order valence-corrected chi connectivity index (χ0v) is 19.6. The predicted molar refractivity (Wildman–Crippen MR) is 124 cm³/mol. The summed E-state index contributed by atoms with van der Waals surface area (Å²) in [5.41, 5.74) is 1.24. The predicted octanol–water partition coefficient (Wildman–Crippen LogP) is 5.79. The number of alkyl halides is 3. The van der Waals surface area contributed by atoms with Crippen LogP contribution in [0.15, 0.2) is 65.6 Å². The molecular formula is C23H20ClF3N2O4S. The van der Waals surface area contributed by atoms with Gasteiger partial charge in [-0.25, -0.2) is 8.42 Å². The normalized spacial score (nSPS) is 11.7. The van der Waals surface area contributed by atoms with Crippen molar-refractivity contribution in [2.45, 2.75) is 24.9 Å². The number of nitrogens with one attached hydrogen (secondary N) is 2. The Hall–Kier alpha value is -3.24. The average Bonchev–Trinajstić information content (AvgIpc) is 2.75. The number of ether oxygens (including phenoxy) is 1. The lowest BCUT2D eigenvalue weighted by molar-refractivity contribution is -0.137. The molecule has 3 aromatic carbocycles. The van der Waals surface area contributed by atoms with Crippen molar-refractivity contribution < 1.29 is 31.1 Å². The molecule has 0 heterocycles. The molecule has 0 fully saturated rings. The van der Waals surface area contributed by atoms with E-state index in [0.717, 1.165) is 23.3 Å². The minimum Gasteiger partial charge on any atom is -0.484 e. The summed E-state index contributed by atoms with van der Waals surface area (Å²) in [6.07, 6.45) is -4.66. The molecule has 0 aliphatic carbocycles. The number of hydrogen-bond donors (Lipinski definition) is 2. The van der Waals surface area contributed by atoms with Crippen molar-refractivity contribution in [3.8, 4) is 5.75 Å². The van der Waals surface area contributed by atoms with Gasteiger partial charge in [0.15, 0.2) is 6.61 Å². The highest BCUT2D eigenvalue weighted by molar-refractivity contribution is 7.92.